The van der Waals surface area contributed by atoms with Gasteiger partial charge in [0.15, 0.2) is 0 Å². The van der Waals surface area contributed by atoms with E-state index in [1.807, 2.05) is 24.4 Å². The molecule has 23 heavy (non-hydrogen) atoms. The number of nitrogens with zero attached hydrogens (tertiary/aromatic N) is 4. The zero-order valence-corrected chi connectivity index (χ0v) is 13.0. The quantitative estimate of drug-likeness (QED) is 0.788. The summed E-state index contributed by atoms with van der Waals surface area (Å²) in [6.07, 6.45) is 6.61. The van der Waals surface area contributed by atoms with Crippen LogP contribution in [0.15, 0.2) is 28.9 Å². The summed E-state index contributed by atoms with van der Waals surface area (Å²) in [4.78, 5) is 15.0. The van der Waals surface area contributed by atoms with Crippen molar-refractivity contribution in [1.82, 2.24) is 25.0 Å². The lowest BCUT2D eigenvalue weighted by molar-refractivity contribution is 0.0711. The van der Waals surface area contributed by atoms with Gasteiger partial charge in [0.1, 0.15) is 11.3 Å². The smallest absolute Gasteiger partial charge is 0.234 e. The van der Waals surface area contributed by atoms with E-state index in [-0.39, 0.29) is 5.41 Å². The second-order valence-electron chi connectivity index (χ2n) is 6.80. The molecule has 0 unspecified atom stereocenters. The molecule has 0 radical (unpaired) electrons. The summed E-state index contributed by atoms with van der Waals surface area (Å²) in [6.45, 7) is 3.46. The Labute approximate surface area is 133 Å². The summed E-state index contributed by atoms with van der Waals surface area (Å²) in [6, 6.07) is 5.99. The maximum absolute atomic E-state index is 5.69. The summed E-state index contributed by atoms with van der Waals surface area (Å²) < 4.78 is 5.69. The molecule has 5 heterocycles. The molecule has 2 bridgehead atoms. The Morgan fingerprint density at radius 2 is 1.96 bits per heavy atom. The molecule has 2 aliphatic heterocycles. The van der Waals surface area contributed by atoms with Crippen molar-refractivity contribution in [2.45, 2.75) is 31.1 Å². The van der Waals surface area contributed by atoms with Gasteiger partial charge in [-0.3, -0.25) is 0 Å². The fraction of sp³-hybridized carbons (Fsp3) is 0.471. The van der Waals surface area contributed by atoms with Crippen molar-refractivity contribution in [1.29, 1.82) is 0 Å². The van der Waals surface area contributed by atoms with Crippen LogP contribution in [0.2, 0.25) is 0 Å². The lowest BCUT2D eigenvalue weighted by atomic mass is 9.73. The molecule has 6 nitrogen and oxygen atoms in total. The van der Waals surface area contributed by atoms with Gasteiger partial charge >= 0.3 is 0 Å². The molecule has 3 aromatic heterocycles. The summed E-state index contributed by atoms with van der Waals surface area (Å²) in [7, 11) is 0. The number of nitrogens with one attached hydrogen (secondary N) is 1. The first kappa shape index (κ1) is 13.2. The molecular weight excluding hydrogens is 290 g/mol. The zero-order valence-electron chi connectivity index (χ0n) is 13.0. The third kappa shape index (κ3) is 2.09. The molecule has 5 rings (SSSR count). The molecule has 2 fully saturated rings. The van der Waals surface area contributed by atoms with Gasteiger partial charge < -0.3 is 14.4 Å². The molecule has 0 amide bonds. The van der Waals surface area contributed by atoms with Gasteiger partial charge in [-0.2, -0.15) is 4.98 Å². The second-order valence-corrected chi connectivity index (χ2v) is 6.80. The van der Waals surface area contributed by atoms with Crippen molar-refractivity contribution < 1.29 is 4.52 Å². The van der Waals surface area contributed by atoms with E-state index in [0.29, 0.717) is 5.82 Å². The molecule has 0 spiro atoms. The van der Waals surface area contributed by atoms with Crippen LogP contribution in [-0.2, 0) is 5.41 Å². The van der Waals surface area contributed by atoms with Crippen molar-refractivity contribution in [3.63, 3.8) is 0 Å². The summed E-state index contributed by atoms with van der Waals surface area (Å²) in [5.41, 5.74) is 1.67. The maximum atomic E-state index is 5.69. The van der Waals surface area contributed by atoms with Gasteiger partial charge in [0, 0.05) is 18.1 Å². The van der Waals surface area contributed by atoms with Gasteiger partial charge in [0.25, 0.3) is 0 Å². The molecular formula is C17H19N5O. The number of piperidine rings is 2. The monoisotopic (exact) mass is 309 g/mol. The van der Waals surface area contributed by atoms with E-state index in [0.717, 1.165) is 42.0 Å². The fourth-order valence-corrected chi connectivity index (χ4v) is 4.14. The summed E-state index contributed by atoms with van der Waals surface area (Å²) >= 11 is 0. The number of pyridine rings is 1. The number of rotatable bonds is 2. The van der Waals surface area contributed by atoms with Crippen molar-refractivity contribution in [3.8, 4) is 11.5 Å². The Morgan fingerprint density at radius 3 is 2.83 bits per heavy atom. The summed E-state index contributed by atoms with van der Waals surface area (Å²) in [5, 5.41) is 5.30. The number of fused-ring (bicyclic) bond motifs is 3. The second kappa shape index (κ2) is 4.89. The van der Waals surface area contributed by atoms with Crippen molar-refractivity contribution in [2.24, 2.45) is 0 Å². The zero-order chi connectivity index (χ0) is 15.3. The van der Waals surface area contributed by atoms with E-state index < -0.39 is 0 Å². The summed E-state index contributed by atoms with van der Waals surface area (Å²) in [5.74, 6) is 1.39. The van der Waals surface area contributed by atoms with Crippen LogP contribution in [-0.4, -0.2) is 44.6 Å². The Bertz CT molecular complexity index is 841. The molecule has 1 N–H and O–H groups in total. The van der Waals surface area contributed by atoms with Crippen molar-refractivity contribution in [2.75, 3.05) is 19.6 Å². The highest BCUT2D eigenvalue weighted by Crippen LogP contribution is 2.40. The first-order valence-corrected chi connectivity index (χ1v) is 8.34. The molecule has 0 aliphatic carbocycles. The molecule has 0 aromatic carbocycles. The molecule has 6 heteroatoms. The van der Waals surface area contributed by atoms with E-state index in [2.05, 4.69) is 20.0 Å². The molecule has 2 saturated heterocycles. The number of aromatic nitrogens is 4. The highest BCUT2D eigenvalue weighted by atomic mass is 16.5. The maximum Gasteiger partial charge on any atom is 0.234 e. The fourth-order valence-electron chi connectivity index (χ4n) is 4.14. The third-order valence-electron chi connectivity index (χ3n) is 5.30. The predicted octanol–water partition coefficient (Wildman–Crippen LogP) is 2.74. The number of H-pyrrole nitrogens is 1. The van der Waals surface area contributed by atoms with Gasteiger partial charge in [-0.15, -0.1) is 0 Å². The Morgan fingerprint density at radius 1 is 1.09 bits per heavy atom. The van der Waals surface area contributed by atoms with Crippen LogP contribution in [0, 0.1) is 0 Å². The Hall–Kier alpha value is -2.21. The first-order valence-electron chi connectivity index (χ1n) is 8.34. The van der Waals surface area contributed by atoms with E-state index >= 15 is 0 Å². The van der Waals surface area contributed by atoms with Crippen LogP contribution in [0.3, 0.4) is 0 Å². The van der Waals surface area contributed by atoms with Crippen LogP contribution in [0.4, 0.5) is 0 Å². The molecule has 3 aromatic rings. The van der Waals surface area contributed by atoms with E-state index in [4.69, 9.17) is 9.51 Å². The number of aromatic amines is 1. The Balaban J connectivity index is 1.52. The lowest BCUT2D eigenvalue weighted by Gasteiger charge is -2.44. The minimum Gasteiger partial charge on any atom is -0.346 e. The highest BCUT2D eigenvalue weighted by Gasteiger charge is 2.44. The normalized spacial score (nSPS) is 27.4. The van der Waals surface area contributed by atoms with E-state index in [9.17, 15) is 0 Å². The minimum absolute atomic E-state index is 0.0539. The van der Waals surface area contributed by atoms with Crippen LogP contribution in [0.1, 0.15) is 31.6 Å². The molecule has 118 valence electrons. The standard InChI is InChI=1S/C17H19N5O/c1-6-17(7-2-10-22(9-1)11-17)16-20-15(21-23-16)13-4-3-12-5-8-18-14(12)19-13/h3-5,8H,1-2,6-7,9-11H2,(H,18,19). The van der Waals surface area contributed by atoms with Gasteiger partial charge in [-0.25, -0.2) is 4.98 Å². The van der Waals surface area contributed by atoms with Gasteiger partial charge in [-0.05, 0) is 57.0 Å². The average Bonchev–Trinajstić information content (AvgIpc) is 3.24. The van der Waals surface area contributed by atoms with Crippen LogP contribution < -0.4 is 0 Å². The molecule has 0 saturated carbocycles. The topological polar surface area (TPSA) is 70.8 Å². The Kier molecular flexibility index (Phi) is 2.82. The minimum atomic E-state index is 0.0539. The van der Waals surface area contributed by atoms with Crippen molar-refractivity contribution in [3.05, 3.63) is 30.3 Å². The van der Waals surface area contributed by atoms with Gasteiger partial charge in [0.05, 0.1) is 5.41 Å². The SMILES string of the molecule is c1cc2ccc(-c3noc(C45CCCN(CCC4)C5)n3)nc2[nH]1. The van der Waals surface area contributed by atoms with E-state index in [1.54, 1.807) is 0 Å². The van der Waals surface area contributed by atoms with Gasteiger partial charge in [0.2, 0.25) is 11.7 Å². The van der Waals surface area contributed by atoms with Gasteiger partial charge in [-0.1, -0.05) is 5.16 Å². The van der Waals surface area contributed by atoms with Crippen molar-refractivity contribution >= 4 is 11.0 Å². The highest BCUT2D eigenvalue weighted by molar-refractivity contribution is 5.77. The lowest BCUT2D eigenvalue weighted by Crippen LogP contribution is -2.50. The van der Waals surface area contributed by atoms with Crippen LogP contribution >= 0.6 is 0 Å². The molecule has 0 atom stereocenters. The average molecular weight is 309 g/mol. The van der Waals surface area contributed by atoms with Crippen LogP contribution in [0.25, 0.3) is 22.6 Å². The largest absolute Gasteiger partial charge is 0.346 e. The predicted molar refractivity (Wildman–Crippen MR) is 86.0 cm³/mol. The van der Waals surface area contributed by atoms with Crippen LogP contribution in [0.5, 0.6) is 0 Å². The van der Waals surface area contributed by atoms with E-state index in [1.165, 1.54) is 25.9 Å². The first-order chi connectivity index (χ1) is 11.3. The third-order valence-corrected chi connectivity index (χ3v) is 5.30. The number of hydrogen-bond donors (Lipinski definition) is 1. The molecule has 2 aliphatic rings. The number of hydrogen-bond acceptors (Lipinski definition) is 5.